The zero-order valence-corrected chi connectivity index (χ0v) is 14.4. The van der Waals surface area contributed by atoms with E-state index in [9.17, 15) is 14.9 Å². The first-order valence-electron chi connectivity index (χ1n) is 7.30. The lowest BCUT2D eigenvalue weighted by molar-refractivity contribution is -0.137. The number of likely N-dealkylation sites (N-methyl/N-ethyl adjacent to an activating group) is 1. The summed E-state index contributed by atoms with van der Waals surface area (Å²) in [6.07, 6.45) is 2.99. The quantitative estimate of drug-likeness (QED) is 0.607. The number of pyridine rings is 1. The molecule has 1 aromatic heterocycles. The molecule has 0 unspecified atom stereocenters. The molecule has 1 aliphatic carbocycles. The number of nitrogens with zero attached hydrogens (tertiary/aromatic N) is 3. The normalized spacial score (nSPS) is 14.7. The first-order valence-corrected chi connectivity index (χ1v) is 8.52. The molecule has 0 bridgehead atoms. The third-order valence-corrected chi connectivity index (χ3v) is 4.28. The van der Waals surface area contributed by atoms with Crippen LogP contribution in [-0.4, -0.2) is 48.2 Å². The summed E-state index contributed by atoms with van der Waals surface area (Å²) in [5, 5.41) is 9.89. The SMILES string of the molecule is CSc1nc(C2CC2)cc(C(=O)O[C@@H](C)C(=O)N(C)C)c1C#N. The van der Waals surface area contributed by atoms with E-state index < -0.39 is 12.1 Å². The van der Waals surface area contributed by atoms with E-state index in [1.807, 2.05) is 12.3 Å². The minimum absolute atomic E-state index is 0.187. The van der Waals surface area contributed by atoms with Crippen molar-refractivity contribution in [2.75, 3.05) is 20.4 Å². The van der Waals surface area contributed by atoms with Crippen LogP contribution in [0.5, 0.6) is 0 Å². The molecule has 0 aliphatic heterocycles. The van der Waals surface area contributed by atoms with Crippen molar-refractivity contribution in [1.82, 2.24) is 9.88 Å². The number of esters is 1. The summed E-state index contributed by atoms with van der Waals surface area (Å²) in [5.74, 6) is -0.622. The van der Waals surface area contributed by atoms with E-state index in [-0.39, 0.29) is 17.0 Å². The van der Waals surface area contributed by atoms with Crippen LogP contribution in [0.4, 0.5) is 0 Å². The fraction of sp³-hybridized carbons (Fsp3) is 0.500. The second-order valence-corrected chi connectivity index (χ2v) is 6.44. The lowest BCUT2D eigenvalue weighted by Gasteiger charge is -2.18. The van der Waals surface area contributed by atoms with Crippen molar-refractivity contribution >= 4 is 23.6 Å². The Morgan fingerprint density at radius 3 is 2.61 bits per heavy atom. The molecule has 2 rings (SSSR count). The van der Waals surface area contributed by atoms with Gasteiger partial charge in [-0.3, -0.25) is 4.79 Å². The van der Waals surface area contributed by atoms with Gasteiger partial charge in [0, 0.05) is 25.7 Å². The van der Waals surface area contributed by atoms with Crippen molar-refractivity contribution in [2.24, 2.45) is 0 Å². The Bertz CT molecular complexity index is 678. The van der Waals surface area contributed by atoms with E-state index in [1.54, 1.807) is 20.2 Å². The third kappa shape index (κ3) is 3.82. The fourth-order valence-electron chi connectivity index (χ4n) is 2.18. The Morgan fingerprint density at radius 2 is 2.13 bits per heavy atom. The first-order chi connectivity index (χ1) is 10.9. The number of aromatic nitrogens is 1. The average molecular weight is 333 g/mol. The minimum atomic E-state index is -0.903. The molecule has 0 saturated heterocycles. The van der Waals surface area contributed by atoms with Gasteiger partial charge in [-0.1, -0.05) is 0 Å². The van der Waals surface area contributed by atoms with Gasteiger partial charge in [-0.05, 0) is 32.1 Å². The molecule has 0 N–H and O–H groups in total. The number of hydrogen-bond acceptors (Lipinski definition) is 6. The molecule has 1 amide bonds. The van der Waals surface area contributed by atoms with Gasteiger partial charge < -0.3 is 9.64 Å². The third-order valence-electron chi connectivity index (χ3n) is 3.60. The van der Waals surface area contributed by atoms with Gasteiger partial charge in [0.05, 0.1) is 11.1 Å². The lowest BCUT2D eigenvalue weighted by Crippen LogP contribution is -2.35. The van der Waals surface area contributed by atoms with Crippen LogP contribution in [0.3, 0.4) is 0 Å². The summed E-state index contributed by atoms with van der Waals surface area (Å²) in [6.45, 7) is 1.52. The number of rotatable bonds is 5. The van der Waals surface area contributed by atoms with Gasteiger partial charge in [0.15, 0.2) is 6.10 Å². The Labute approximate surface area is 139 Å². The van der Waals surface area contributed by atoms with Crippen LogP contribution < -0.4 is 0 Å². The highest BCUT2D eigenvalue weighted by Gasteiger charge is 2.30. The number of ether oxygens (including phenoxy) is 1. The molecule has 1 aromatic rings. The molecule has 1 atom stereocenters. The highest BCUT2D eigenvalue weighted by Crippen LogP contribution is 2.40. The van der Waals surface area contributed by atoms with Gasteiger partial charge in [0.1, 0.15) is 11.1 Å². The van der Waals surface area contributed by atoms with Crippen LogP contribution in [0.2, 0.25) is 0 Å². The molecule has 1 saturated carbocycles. The number of amides is 1. The smallest absolute Gasteiger partial charge is 0.340 e. The van der Waals surface area contributed by atoms with Crippen LogP contribution in [-0.2, 0) is 9.53 Å². The molecular formula is C16H19N3O3S. The van der Waals surface area contributed by atoms with Crippen molar-refractivity contribution < 1.29 is 14.3 Å². The highest BCUT2D eigenvalue weighted by molar-refractivity contribution is 7.98. The number of nitriles is 1. The molecule has 122 valence electrons. The highest BCUT2D eigenvalue weighted by atomic mass is 32.2. The molecule has 1 aliphatic rings. The molecule has 6 nitrogen and oxygen atoms in total. The van der Waals surface area contributed by atoms with Gasteiger partial charge in [-0.2, -0.15) is 5.26 Å². The number of hydrogen-bond donors (Lipinski definition) is 0. The molecule has 0 spiro atoms. The van der Waals surface area contributed by atoms with E-state index in [1.165, 1.54) is 23.6 Å². The maximum atomic E-state index is 12.4. The van der Waals surface area contributed by atoms with E-state index in [0.717, 1.165) is 18.5 Å². The molecular weight excluding hydrogens is 314 g/mol. The lowest BCUT2D eigenvalue weighted by atomic mass is 10.1. The monoisotopic (exact) mass is 333 g/mol. The van der Waals surface area contributed by atoms with E-state index >= 15 is 0 Å². The average Bonchev–Trinajstić information content (AvgIpc) is 3.37. The topological polar surface area (TPSA) is 83.3 Å². The molecule has 7 heteroatoms. The van der Waals surface area contributed by atoms with Crippen molar-refractivity contribution in [3.8, 4) is 6.07 Å². The molecule has 0 aromatic carbocycles. The van der Waals surface area contributed by atoms with Gasteiger partial charge >= 0.3 is 5.97 Å². The second kappa shape index (κ2) is 7.01. The van der Waals surface area contributed by atoms with Crippen LogP contribution in [0.15, 0.2) is 11.1 Å². The van der Waals surface area contributed by atoms with Crippen LogP contribution >= 0.6 is 11.8 Å². The van der Waals surface area contributed by atoms with Gasteiger partial charge in [0.25, 0.3) is 5.91 Å². The summed E-state index contributed by atoms with van der Waals surface area (Å²) in [7, 11) is 3.19. The summed E-state index contributed by atoms with van der Waals surface area (Å²) in [6, 6.07) is 3.66. The Morgan fingerprint density at radius 1 is 1.48 bits per heavy atom. The van der Waals surface area contributed by atoms with Crippen LogP contribution in [0, 0.1) is 11.3 Å². The summed E-state index contributed by atoms with van der Waals surface area (Å²) in [5.41, 5.74) is 1.20. The van der Waals surface area contributed by atoms with Crippen molar-refractivity contribution in [3.05, 3.63) is 22.9 Å². The number of carbonyl (C=O) groups is 2. The van der Waals surface area contributed by atoms with Gasteiger partial charge in [0.2, 0.25) is 0 Å². The molecule has 23 heavy (non-hydrogen) atoms. The van der Waals surface area contributed by atoms with E-state index in [0.29, 0.717) is 10.9 Å². The van der Waals surface area contributed by atoms with E-state index in [4.69, 9.17) is 4.74 Å². The fourth-order valence-corrected chi connectivity index (χ4v) is 2.74. The Kier molecular flexibility index (Phi) is 5.26. The maximum absolute atomic E-state index is 12.4. The van der Waals surface area contributed by atoms with E-state index in [2.05, 4.69) is 4.98 Å². The predicted molar refractivity (Wildman–Crippen MR) is 86.3 cm³/mol. The molecule has 0 radical (unpaired) electrons. The Hall–Kier alpha value is -2.07. The number of thioether (sulfide) groups is 1. The Balaban J connectivity index is 2.33. The zero-order valence-electron chi connectivity index (χ0n) is 13.6. The molecule has 1 heterocycles. The number of carbonyl (C=O) groups excluding carboxylic acids is 2. The first kappa shape index (κ1) is 17.3. The second-order valence-electron chi connectivity index (χ2n) is 5.65. The van der Waals surface area contributed by atoms with Crippen molar-refractivity contribution in [1.29, 1.82) is 5.26 Å². The summed E-state index contributed by atoms with van der Waals surface area (Å²) < 4.78 is 5.24. The summed E-state index contributed by atoms with van der Waals surface area (Å²) >= 11 is 1.32. The standard InChI is InChI=1S/C16H19N3O3S/c1-9(15(20)19(2)3)22-16(21)11-7-13(10-5-6-10)18-14(23-4)12(11)8-17/h7,9-10H,5-6H2,1-4H3/t9-/m0/s1. The maximum Gasteiger partial charge on any atom is 0.340 e. The van der Waals surface area contributed by atoms with Crippen LogP contribution in [0.25, 0.3) is 0 Å². The zero-order chi connectivity index (χ0) is 17.1. The van der Waals surface area contributed by atoms with Crippen molar-refractivity contribution in [3.63, 3.8) is 0 Å². The van der Waals surface area contributed by atoms with Gasteiger partial charge in [-0.25, -0.2) is 9.78 Å². The van der Waals surface area contributed by atoms with Crippen LogP contribution in [0.1, 0.15) is 47.3 Å². The predicted octanol–water partition coefficient (Wildman–Crippen LogP) is 2.19. The minimum Gasteiger partial charge on any atom is -0.449 e. The summed E-state index contributed by atoms with van der Waals surface area (Å²) in [4.78, 5) is 30.1. The largest absolute Gasteiger partial charge is 0.449 e. The van der Waals surface area contributed by atoms with Gasteiger partial charge in [-0.15, -0.1) is 11.8 Å². The van der Waals surface area contributed by atoms with Crippen molar-refractivity contribution in [2.45, 2.75) is 36.8 Å². The molecule has 1 fully saturated rings.